The van der Waals surface area contributed by atoms with Crippen molar-refractivity contribution in [2.75, 3.05) is 0 Å². The minimum absolute atomic E-state index is 0.00520. The van der Waals surface area contributed by atoms with Crippen molar-refractivity contribution in [1.82, 2.24) is 10.3 Å². The molecule has 2 aromatic rings. The number of hydrogen-bond donors (Lipinski definition) is 1. The lowest BCUT2D eigenvalue weighted by molar-refractivity contribution is 0.0877. The van der Waals surface area contributed by atoms with Crippen molar-refractivity contribution in [3.05, 3.63) is 77.1 Å². The van der Waals surface area contributed by atoms with Gasteiger partial charge in [-0.05, 0) is 62.7 Å². The first-order valence-corrected chi connectivity index (χ1v) is 12.2. The number of aryl methyl sites for hydroxylation is 1. The van der Waals surface area contributed by atoms with Crippen molar-refractivity contribution in [2.45, 2.75) is 57.5 Å². The molecule has 5 nitrogen and oxygen atoms in total. The zero-order chi connectivity index (χ0) is 21.9. The van der Waals surface area contributed by atoms with Crippen molar-refractivity contribution in [3.63, 3.8) is 0 Å². The molecule has 1 unspecified atom stereocenters. The molecule has 0 saturated heterocycles. The van der Waals surface area contributed by atoms with Gasteiger partial charge in [0.25, 0.3) is 0 Å². The molecule has 1 aromatic heterocycles. The van der Waals surface area contributed by atoms with Crippen LogP contribution in [0.3, 0.4) is 0 Å². The Morgan fingerprint density at radius 3 is 2.81 bits per heavy atom. The summed E-state index contributed by atoms with van der Waals surface area (Å²) < 4.78 is 12.2. The van der Waals surface area contributed by atoms with Crippen molar-refractivity contribution >= 4 is 27.3 Å². The minimum Gasteiger partial charge on any atom is -0.466 e. The van der Waals surface area contributed by atoms with Crippen LogP contribution in [0.15, 0.2) is 66.5 Å². The summed E-state index contributed by atoms with van der Waals surface area (Å²) in [5.74, 6) is 1.05. The highest BCUT2D eigenvalue weighted by molar-refractivity contribution is 7.20. The molecule has 1 N–H and O–H groups in total. The number of ketones is 1. The van der Waals surface area contributed by atoms with Crippen LogP contribution in [0.25, 0.3) is 10.2 Å². The molecule has 2 aliphatic carbocycles. The second-order valence-corrected chi connectivity index (χ2v) is 9.74. The van der Waals surface area contributed by atoms with E-state index in [-0.39, 0.29) is 17.7 Å². The lowest BCUT2D eigenvalue weighted by Gasteiger charge is -2.33. The zero-order valence-corrected chi connectivity index (χ0v) is 19.1. The quantitative estimate of drug-likeness (QED) is 0.554. The Balaban J connectivity index is 1.24. The van der Waals surface area contributed by atoms with Gasteiger partial charge in [-0.3, -0.25) is 4.79 Å². The number of carbonyl (C=O) groups excluding carboxylic acids is 1. The molecular weight excluding hydrogens is 420 g/mol. The van der Waals surface area contributed by atoms with Crippen LogP contribution >= 0.6 is 11.3 Å². The Labute approximate surface area is 192 Å². The average Bonchev–Trinajstić information content (AvgIpc) is 3.29. The maximum Gasteiger partial charge on any atom is 0.194 e. The second kappa shape index (κ2) is 9.43. The Morgan fingerprint density at radius 2 is 2.09 bits per heavy atom. The first-order valence-electron chi connectivity index (χ1n) is 11.4. The van der Waals surface area contributed by atoms with Crippen LogP contribution in [0.2, 0.25) is 0 Å². The Kier molecular flexibility index (Phi) is 6.23. The van der Waals surface area contributed by atoms with Crippen LogP contribution < -0.4 is 5.32 Å². The van der Waals surface area contributed by atoms with Crippen LogP contribution in [0, 0.1) is 12.8 Å². The van der Waals surface area contributed by atoms with Gasteiger partial charge < -0.3 is 14.8 Å². The number of ether oxygens (including phenoxy) is 2. The minimum atomic E-state index is -0.00520. The lowest BCUT2D eigenvalue weighted by atomic mass is 9.83. The summed E-state index contributed by atoms with van der Waals surface area (Å²) in [6.07, 6.45) is 17.0. The van der Waals surface area contributed by atoms with E-state index < -0.39 is 0 Å². The number of allylic oxidation sites excluding steroid dienone is 3. The topological polar surface area (TPSA) is 60.5 Å². The number of thiazole rings is 1. The third-order valence-electron chi connectivity index (χ3n) is 6.56. The molecule has 1 aromatic carbocycles. The first kappa shape index (κ1) is 21.2. The molecule has 1 fully saturated rings. The van der Waals surface area contributed by atoms with Gasteiger partial charge in [-0.25, -0.2) is 4.98 Å². The fraction of sp³-hybridized carbons (Fsp3) is 0.385. The number of nitrogens with one attached hydrogen (secondary N) is 1. The van der Waals surface area contributed by atoms with Crippen LogP contribution in [-0.4, -0.2) is 22.9 Å². The third-order valence-corrected chi connectivity index (χ3v) is 7.59. The summed E-state index contributed by atoms with van der Waals surface area (Å²) in [5.41, 5.74) is 3.40. The largest absolute Gasteiger partial charge is 0.466 e. The summed E-state index contributed by atoms with van der Waals surface area (Å²) >= 11 is 1.53. The van der Waals surface area contributed by atoms with Crippen LogP contribution in [0.1, 0.15) is 53.9 Å². The highest BCUT2D eigenvalue weighted by Crippen LogP contribution is 2.33. The predicted octanol–water partition coefficient (Wildman–Crippen LogP) is 5.94. The van der Waals surface area contributed by atoms with E-state index in [1.807, 2.05) is 25.1 Å². The van der Waals surface area contributed by atoms with E-state index in [0.717, 1.165) is 60.1 Å². The molecule has 0 amide bonds. The molecule has 1 saturated carbocycles. The van der Waals surface area contributed by atoms with Gasteiger partial charge >= 0.3 is 0 Å². The van der Waals surface area contributed by atoms with Crippen molar-refractivity contribution in [2.24, 2.45) is 5.92 Å². The van der Waals surface area contributed by atoms with Gasteiger partial charge in [-0.1, -0.05) is 30.4 Å². The summed E-state index contributed by atoms with van der Waals surface area (Å²) in [5, 5.41) is 4.45. The van der Waals surface area contributed by atoms with Crippen molar-refractivity contribution in [3.8, 4) is 0 Å². The molecule has 0 radical (unpaired) electrons. The van der Waals surface area contributed by atoms with Gasteiger partial charge in [0.15, 0.2) is 16.6 Å². The van der Waals surface area contributed by atoms with E-state index in [1.54, 1.807) is 12.5 Å². The van der Waals surface area contributed by atoms with Gasteiger partial charge in [-0.15, -0.1) is 11.3 Å². The average molecular weight is 449 g/mol. The fourth-order valence-corrected chi connectivity index (χ4v) is 5.83. The van der Waals surface area contributed by atoms with E-state index in [4.69, 9.17) is 9.47 Å². The molecule has 5 rings (SSSR count). The third kappa shape index (κ3) is 4.43. The van der Waals surface area contributed by atoms with Gasteiger partial charge in [-0.2, -0.15) is 0 Å². The number of nitrogens with zero attached hydrogens (tertiary/aromatic N) is 1. The molecule has 1 atom stereocenters. The highest BCUT2D eigenvalue weighted by atomic mass is 32.1. The van der Waals surface area contributed by atoms with E-state index in [0.29, 0.717) is 11.0 Å². The molecule has 6 heteroatoms. The number of rotatable bonds is 6. The molecule has 3 aliphatic rings. The summed E-state index contributed by atoms with van der Waals surface area (Å²) in [4.78, 5) is 17.8. The van der Waals surface area contributed by atoms with E-state index in [2.05, 4.69) is 28.5 Å². The van der Waals surface area contributed by atoms with Crippen molar-refractivity contribution in [1.29, 1.82) is 0 Å². The monoisotopic (exact) mass is 448 g/mol. The maximum atomic E-state index is 13.2. The zero-order valence-electron chi connectivity index (χ0n) is 18.3. The van der Waals surface area contributed by atoms with Crippen molar-refractivity contribution < 1.29 is 14.3 Å². The van der Waals surface area contributed by atoms with Crippen LogP contribution in [0.4, 0.5) is 0 Å². The Hall–Kier alpha value is -2.70. The SMILES string of the molecule is Cc1cccc2sc(C(=O)C3CCC(NC(C4=CC=CCC4)C4=COC=CO4)CC3)nc12. The lowest BCUT2D eigenvalue weighted by Crippen LogP contribution is -2.44. The first-order chi connectivity index (χ1) is 15.7. The standard InChI is InChI=1S/C26H28N2O3S/c1-17-6-5-9-22-23(17)28-26(32-22)25(29)19-10-12-20(13-11-19)27-24(18-7-3-2-4-8-18)21-16-30-14-15-31-21/h2-3,5-7,9,14-16,19-20,24,27H,4,8,10-13H2,1H3. The second-order valence-electron chi connectivity index (χ2n) is 8.71. The molecule has 32 heavy (non-hydrogen) atoms. The van der Waals surface area contributed by atoms with Gasteiger partial charge in [0, 0.05) is 12.0 Å². The van der Waals surface area contributed by atoms with Gasteiger partial charge in [0.2, 0.25) is 0 Å². The summed E-state index contributed by atoms with van der Waals surface area (Å²) in [6.45, 7) is 2.05. The maximum absolute atomic E-state index is 13.2. The normalized spacial score (nSPS) is 23.8. The van der Waals surface area contributed by atoms with E-state index in [9.17, 15) is 4.79 Å². The Bertz CT molecular complexity index is 1120. The molecular formula is C26H28N2O3S. The predicted molar refractivity (Wildman–Crippen MR) is 127 cm³/mol. The van der Waals surface area contributed by atoms with E-state index >= 15 is 0 Å². The smallest absolute Gasteiger partial charge is 0.194 e. The number of hydrogen-bond acceptors (Lipinski definition) is 6. The number of para-hydroxylation sites is 1. The van der Waals surface area contributed by atoms with E-state index in [1.165, 1.54) is 23.2 Å². The fourth-order valence-electron chi connectivity index (χ4n) is 4.77. The van der Waals surface area contributed by atoms with Gasteiger partial charge in [0.1, 0.15) is 18.8 Å². The highest BCUT2D eigenvalue weighted by Gasteiger charge is 2.32. The molecule has 2 heterocycles. The number of aromatic nitrogens is 1. The molecule has 1 aliphatic heterocycles. The number of Topliss-reactive ketones (excluding diaryl/α,β-unsaturated/α-hetero) is 1. The molecule has 166 valence electrons. The number of carbonyl (C=O) groups is 1. The molecule has 0 spiro atoms. The number of fused-ring (bicyclic) bond motifs is 1. The molecule has 0 bridgehead atoms. The van der Waals surface area contributed by atoms with Crippen LogP contribution in [-0.2, 0) is 9.47 Å². The van der Waals surface area contributed by atoms with Gasteiger partial charge in [0.05, 0.1) is 16.3 Å². The van der Waals surface area contributed by atoms with Crippen LogP contribution in [0.5, 0.6) is 0 Å². The number of benzene rings is 1. The summed E-state index contributed by atoms with van der Waals surface area (Å²) in [6, 6.07) is 6.46. The summed E-state index contributed by atoms with van der Waals surface area (Å²) in [7, 11) is 0. The Morgan fingerprint density at radius 1 is 1.22 bits per heavy atom.